The second-order valence-electron chi connectivity index (χ2n) is 6.24. The molecule has 4 nitrogen and oxygen atoms in total. The van der Waals surface area contributed by atoms with Gasteiger partial charge in [-0.05, 0) is 52.0 Å². The van der Waals surface area contributed by atoms with E-state index in [0.717, 1.165) is 45.3 Å². The van der Waals surface area contributed by atoms with Crippen LogP contribution in [0.1, 0.15) is 45.4 Å². The Labute approximate surface area is 117 Å². The molecular weight excluding hydrogens is 238 g/mol. The quantitative estimate of drug-likeness (QED) is 0.764. The first-order valence-corrected chi connectivity index (χ1v) is 7.59. The van der Waals surface area contributed by atoms with Gasteiger partial charge in [0.2, 0.25) is 0 Å². The fraction of sp³-hybridized carbons (Fsp3) is 0.933. The summed E-state index contributed by atoms with van der Waals surface area (Å²) < 4.78 is 5.39. The van der Waals surface area contributed by atoms with Crippen molar-refractivity contribution in [2.45, 2.75) is 63.1 Å². The number of nitriles is 1. The number of ether oxygens (including phenoxy) is 1. The average Bonchev–Trinajstić information content (AvgIpc) is 3.23. The molecule has 2 aliphatic rings. The fourth-order valence-corrected chi connectivity index (χ4v) is 2.86. The SMILES string of the molecule is COC1CCN(CCCC(C)(C#N)NC2CC2)CC1. The molecule has 1 saturated carbocycles. The van der Waals surface area contributed by atoms with E-state index in [1.54, 1.807) is 0 Å². The predicted octanol–water partition coefficient (Wildman–Crippen LogP) is 1.91. The zero-order valence-corrected chi connectivity index (χ0v) is 12.3. The van der Waals surface area contributed by atoms with Gasteiger partial charge in [-0.25, -0.2) is 0 Å². The van der Waals surface area contributed by atoms with Gasteiger partial charge in [0.05, 0.1) is 12.2 Å². The molecule has 0 spiro atoms. The van der Waals surface area contributed by atoms with Gasteiger partial charge in [0.25, 0.3) is 0 Å². The Morgan fingerprint density at radius 3 is 2.53 bits per heavy atom. The van der Waals surface area contributed by atoms with E-state index >= 15 is 0 Å². The van der Waals surface area contributed by atoms with Gasteiger partial charge < -0.3 is 9.64 Å². The number of nitrogens with one attached hydrogen (secondary N) is 1. The number of rotatable bonds is 7. The van der Waals surface area contributed by atoms with Crippen LogP contribution in [-0.2, 0) is 4.74 Å². The third-order valence-electron chi connectivity index (χ3n) is 4.37. The normalized spacial score (nSPS) is 24.9. The van der Waals surface area contributed by atoms with E-state index in [2.05, 4.69) is 16.3 Å². The number of nitrogens with zero attached hydrogens (tertiary/aromatic N) is 2. The van der Waals surface area contributed by atoms with Crippen LogP contribution in [0, 0.1) is 11.3 Å². The minimum absolute atomic E-state index is 0.327. The first-order valence-electron chi connectivity index (χ1n) is 7.59. The van der Waals surface area contributed by atoms with Gasteiger partial charge in [-0.15, -0.1) is 0 Å². The van der Waals surface area contributed by atoms with E-state index in [4.69, 9.17) is 4.74 Å². The van der Waals surface area contributed by atoms with E-state index in [0.29, 0.717) is 12.1 Å². The average molecular weight is 265 g/mol. The van der Waals surface area contributed by atoms with Gasteiger partial charge in [-0.2, -0.15) is 5.26 Å². The second-order valence-corrected chi connectivity index (χ2v) is 6.24. The maximum absolute atomic E-state index is 9.32. The molecule has 0 radical (unpaired) electrons. The summed E-state index contributed by atoms with van der Waals surface area (Å²) in [5.74, 6) is 0. The zero-order valence-electron chi connectivity index (χ0n) is 12.3. The van der Waals surface area contributed by atoms with Gasteiger partial charge in [-0.3, -0.25) is 5.32 Å². The molecule has 108 valence electrons. The van der Waals surface area contributed by atoms with Crippen molar-refractivity contribution in [3.8, 4) is 6.07 Å². The Morgan fingerprint density at radius 1 is 1.32 bits per heavy atom. The molecule has 0 amide bonds. The van der Waals surface area contributed by atoms with Crippen molar-refractivity contribution in [3.63, 3.8) is 0 Å². The van der Waals surface area contributed by atoms with Crippen molar-refractivity contribution < 1.29 is 4.74 Å². The molecule has 19 heavy (non-hydrogen) atoms. The second kappa shape index (κ2) is 6.69. The third-order valence-corrected chi connectivity index (χ3v) is 4.37. The van der Waals surface area contributed by atoms with E-state index in [9.17, 15) is 5.26 Å². The first-order chi connectivity index (χ1) is 9.15. The van der Waals surface area contributed by atoms with Gasteiger partial charge >= 0.3 is 0 Å². The van der Waals surface area contributed by atoms with Crippen LogP contribution in [0.4, 0.5) is 0 Å². The topological polar surface area (TPSA) is 48.3 Å². The van der Waals surface area contributed by atoms with Crippen LogP contribution in [0.25, 0.3) is 0 Å². The number of likely N-dealkylation sites (tertiary alicyclic amines) is 1. The highest BCUT2D eigenvalue weighted by Gasteiger charge is 2.32. The summed E-state index contributed by atoms with van der Waals surface area (Å²) in [7, 11) is 1.81. The van der Waals surface area contributed by atoms with E-state index < -0.39 is 0 Å². The smallest absolute Gasteiger partial charge is 0.104 e. The van der Waals surface area contributed by atoms with E-state index in [1.807, 2.05) is 14.0 Å². The Bertz CT molecular complexity index is 316. The highest BCUT2D eigenvalue weighted by molar-refractivity contribution is 5.07. The largest absolute Gasteiger partial charge is 0.381 e. The number of hydrogen-bond donors (Lipinski definition) is 1. The summed E-state index contributed by atoms with van der Waals surface area (Å²) in [6, 6.07) is 3.05. The number of piperidine rings is 1. The molecule has 1 heterocycles. The van der Waals surface area contributed by atoms with Crippen molar-refractivity contribution in [1.82, 2.24) is 10.2 Å². The highest BCUT2D eigenvalue weighted by Crippen LogP contribution is 2.24. The molecular formula is C15H27N3O. The summed E-state index contributed by atoms with van der Waals surface area (Å²) in [5.41, 5.74) is -0.327. The standard InChI is InChI=1S/C15H27N3O/c1-15(12-16,17-13-4-5-13)8-3-9-18-10-6-14(19-2)7-11-18/h13-14,17H,3-11H2,1-2H3. The molecule has 4 heteroatoms. The van der Waals surface area contributed by atoms with Crippen molar-refractivity contribution >= 4 is 0 Å². The summed E-state index contributed by atoms with van der Waals surface area (Å²) in [4.78, 5) is 2.50. The van der Waals surface area contributed by atoms with Crippen molar-refractivity contribution in [3.05, 3.63) is 0 Å². The first kappa shape index (κ1) is 14.8. The van der Waals surface area contributed by atoms with E-state index in [-0.39, 0.29) is 5.54 Å². The molecule has 1 saturated heterocycles. The fourth-order valence-electron chi connectivity index (χ4n) is 2.86. The van der Waals surface area contributed by atoms with Crippen LogP contribution < -0.4 is 5.32 Å². The van der Waals surface area contributed by atoms with Crippen LogP contribution in [0.2, 0.25) is 0 Å². The molecule has 2 rings (SSSR count). The van der Waals surface area contributed by atoms with Crippen LogP contribution >= 0.6 is 0 Å². The maximum atomic E-state index is 9.32. The lowest BCUT2D eigenvalue weighted by Gasteiger charge is -2.32. The molecule has 1 aliphatic heterocycles. The van der Waals surface area contributed by atoms with Gasteiger partial charge in [0.15, 0.2) is 0 Å². The van der Waals surface area contributed by atoms with Crippen LogP contribution in [0.5, 0.6) is 0 Å². The van der Waals surface area contributed by atoms with Crippen molar-refractivity contribution in [1.29, 1.82) is 5.26 Å². The Hall–Kier alpha value is -0.630. The summed E-state index contributed by atoms with van der Waals surface area (Å²) in [6.45, 7) is 5.43. The summed E-state index contributed by atoms with van der Waals surface area (Å²) in [6.07, 6.45) is 7.27. The number of hydrogen-bond acceptors (Lipinski definition) is 4. The van der Waals surface area contributed by atoms with Crippen molar-refractivity contribution in [2.75, 3.05) is 26.7 Å². The maximum Gasteiger partial charge on any atom is 0.104 e. The molecule has 2 fully saturated rings. The molecule has 0 aromatic carbocycles. The molecule has 0 aromatic heterocycles. The summed E-state index contributed by atoms with van der Waals surface area (Å²) in [5, 5.41) is 12.8. The monoisotopic (exact) mass is 265 g/mol. The van der Waals surface area contributed by atoms with Gasteiger partial charge in [0.1, 0.15) is 5.54 Å². The van der Waals surface area contributed by atoms with Crippen LogP contribution in [0.15, 0.2) is 0 Å². The molecule has 1 atom stereocenters. The lowest BCUT2D eigenvalue weighted by Crippen LogP contribution is -2.43. The minimum atomic E-state index is -0.327. The zero-order chi connectivity index (χ0) is 13.7. The lowest BCUT2D eigenvalue weighted by molar-refractivity contribution is 0.0403. The van der Waals surface area contributed by atoms with Gasteiger partial charge in [0, 0.05) is 26.2 Å². The van der Waals surface area contributed by atoms with Crippen LogP contribution in [0.3, 0.4) is 0 Å². The molecule has 1 aliphatic carbocycles. The Kier molecular flexibility index (Phi) is 5.20. The molecule has 0 aromatic rings. The molecule has 0 bridgehead atoms. The molecule has 1 N–H and O–H groups in total. The summed E-state index contributed by atoms with van der Waals surface area (Å²) >= 11 is 0. The van der Waals surface area contributed by atoms with Gasteiger partial charge in [-0.1, -0.05) is 0 Å². The highest BCUT2D eigenvalue weighted by atomic mass is 16.5. The lowest BCUT2D eigenvalue weighted by atomic mass is 9.97. The Morgan fingerprint density at radius 2 is 2.00 bits per heavy atom. The van der Waals surface area contributed by atoms with E-state index in [1.165, 1.54) is 12.8 Å². The third kappa shape index (κ3) is 4.76. The molecule has 1 unspecified atom stereocenters. The van der Waals surface area contributed by atoms with Crippen molar-refractivity contribution in [2.24, 2.45) is 0 Å². The Balaban J connectivity index is 1.64. The number of methoxy groups -OCH3 is 1. The van der Waals surface area contributed by atoms with Crippen LogP contribution in [-0.4, -0.2) is 49.3 Å². The minimum Gasteiger partial charge on any atom is -0.381 e. The predicted molar refractivity (Wildman–Crippen MR) is 75.9 cm³/mol.